The van der Waals surface area contributed by atoms with Crippen molar-refractivity contribution in [1.29, 1.82) is 5.26 Å². The zero-order valence-corrected chi connectivity index (χ0v) is 13.9. The fourth-order valence-corrected chi connectivity index (χ4v) is 2.91. The van der Waals surface area contributed by atoms with Gasteiger partial charge >= 0.3 is 0 Å². The molecule has 5 heteroatoms. The van der Waals surface area contributed by atoms with Gasteiger partial charge in [0, 0.05) is 19.6 Å². The first-order chi connectivity index (χ1) is 10.2. The number of aryl methyl sites for hydroxylation is 2. The molecule has 0 saturated heterocycles. The van der Waals surface area contributed by atoms with Crippen molar-refractivity contribution in [2.45, 2.75) is 39.9 Å². The van der Waals surface area contributed by atoms with Gasteiger partial charge in [0.15, 0.2) is 0 Å². The summed E-state index contributed by atoms with van der Waals surface area (Å²) in [6.07, 6.45) is 0.927. The zero-order chi connectivity index (χ0) is 15.2. The van der Waals surface area contributed by atoms with Gasteiger partial charge in [0.25, 0.3) is 0 Å². The predicted octanol–water partition coefficient (Wildman–Crippen LogP) is 3.39. The summed E-state index contributed by atoms with van der Waals surface area (Å²) >= 11 is 3.65. The number of halogens is 1. The van der Waals surface area contributed by atoms with Crippen LogP contribution in [0, 0.1) is 11.3 Å². The van der Waals surface area contributed by atoms with Crippen molar-refractivity contribution >= 4 is 15.9 Å². The van der Waals surface area contributed by atoms with Crippen LogP contribution in [0.15, 0.2) is 28.7 Å². The minimum atomic E-state index is 0.693. The molecule has 2 rings (SSSR count). The second-order valence-corrected chi connectivity index (χ2v) is 5.58. The maximum absolute atomic E-state index is 8.79. The summed E-state index contributed by atoms with van der Waals surface area (Å²) in [7, 11) is 0. The highest BCUT2D eigenvalue weighted by atomic mass is 79.9. The molecule has 1 N–H and O–H groups in total. The Bertz CT molecular complexity index is 638. The van der Waals surface area contributed by atoms with Crippen LogP contribution in [0.25, 0.3) is 0 Å². The number of nitrogens with zero attached hydrogens (tertiary/aromatic N) is 3. The van der Waals surface area contributed by atoms with Crippen molar-refractivity contribution in [2.24, 2.45) is 0 Å². The molecular formula is C16H19BrN4. The number of benzene rings is 1. The molecule has 0 radical (unpaired) electrons. The van der Waals surface area contributed by atoms with E-state index in [9.17, 15) is 0 Å². The summed E-state index contributed by atoms with van der Waals surface area (Å²) in [5.74, 6) is 0. The normalized spacial score (nSPS) is 10.6. The van der Waals surface area contributed by atoms with Crippen LogP contribution < -0.4 is 5.32 Å². The lowest BCUT2D eigenvalue weighted by Crippen LogP contribution is -2.16. The Morgan fingerprint density at radius 3 is 2.52 bits per heavy atom. The summed E-state index contributed by atoms with van der Waals surface area (Å²) in [5.41, 5.74) is 4.15. The second-order valence-electron chi connectivity index (χ2n) is 4.79. The van der Waals surface area contributed by atoms with E-state index in [-0.39, 0.29) is 0 Å². The minimum Gasteiger partial charge on any atom is -0.307 e. The van der Waals surface area contributed by atoms with Crippen LogP contribution in [0.4, 0.5) is 0 Å². The van der Waals surface area contributed by atoms with Crippen LogP contribution in [0.1, 0.15) is 36.4 Å². The average Bonchev–Trinajstić information content (AvgIpc) is 2.84. The molecule has 0 spiro atoms. The van der Waals surface area contributed by atoms with E-state index >= 15 is 0 Å². The van der Waals surface area contributed by atoms with Crippen molar-refractivity contribution in [3.05, 3.63) is 51.3 Å². The topological polar surface area (TPSA) is 53.6 Å². The van der Waals surface area contributed by atoms with Gasteiger partial charge in [0.05, 0.1) is 27.5 Å². The Balaban J connectivity index is 1.99. The maximum Gasteiger partial charge on any atom is 0.0991 e. The van der Waals surface area contributed by atoms with Crippen LogP contribution in [-0.4, -0.2) is 9.78 Å². The first-order valence-corrected chi connectivity index (χ1v) is 7.92. The Morgan fingerprint density at radius 2 is 1.95 bits per heavy atom. The molecule has 0 amide bonds. The summed E-state index contributed by atoms with van der Waals surface area (Å²) in [5, 5.41) is 16.8. The van der Waals surface area contributed by atoms with Crippen molar-refractivity contribution in [3.63, 3.8) is 0 Å². The number of nitrogens with one attached hydrogen (secondary N) is 1. The fourth-order valence-electron chi connectivity index (χ4n) is 2.21. The van der Waals surface area contributed by atoms with Crippen LogP contribution >= 0.6 is 15.9 Å². The highest BCUT2D eigenvalue weighted by molar-refractivity contribution is 9.10. The molecule has 0 aliphatic rings. The third kappa shape index (κ3) is 3.72. The lowest BCUT2D eigenvalue weighted by molar-refractivity contribution is 0.576. The number of hydrogen-bond acceptors (Lipinski definition) is 3. The standard InChI is InChI=1S/C16H19BrN4/c1-3-14-16(17)15(21(4-2)20-14)11-19-10-13-7-5-12(9-18)6-8-13/h5-8,19H,3-4,10-11H2,1-2H3. The van der Waals surface area contributed by atoms with Crippen LogP contribution in [0.3, 0.4) is 0 Å². The Labute approximate surface area is 133 Å². The molecule has 0 atom stereocenters. The van der Waals surface area contributed by atoms with E-state index in [0.717, 1.165) is 36.2 Å². The Kier molecular flexibility index (Phi) is 5.54. The summed E-state index contributed by atoms with van der Waals surface area (Å²) < 4.78 is 3.15. The molecule has 1 heterocycles. The van der Waals surface area contributed by atoms with Gasteiger partial charge in [0.2, 0.25) is 0 Å². The average molecular weight is 347 g/mol. The highest BCUT2D eigenvalue weighted by Gasteiger charge is 2.13. The van der Waals surface area contributed by atoms with E-state index in [1.54, 1.807) is 0 Å². The van der Waals surface area contributed by atoms with Crippen LogP contribution in [0.2, 0.25) is 0 Å². The van der Waals surface area contributed by atoms with Gasteiger partial charge in [-0.1, -0.05) is 19.1 Å². The monoisotopic (exact) mass is 346 g/mol. The van der Waals surface area contributed by atoms with E-state index in [0.29, 0.717) is 5.56 Å². The lowest BCUT2D eigenvalue weighted by atomic mass is 10.1. The fraction of sp³-hybridized carbons (Fsp3) is 0.375. The zero-order valence-electron chi connectivity index (χ0n) is 12.4. The molecule has 2 aromatic rings. The molecule has 4 nitrogen and oxygen atoms in total. The minimum absolute atomic E-state index is 0.693. The third-order valence-electron chi connectivity index (χ3n) is 3.40. The van der Waals surface area contributed by atoms with E-state index in [4.69, 9.17) is 5.26 Å². The predicted molar refractivity (Wildman–Crippen MR) is 86.7 cm³/mol. The summed E-state index contributed by atoms with van der Waals surface area (Å²) in [4.78, 5) is 0. The van der Waals surface area contributed by atoms with Crippen LogP contribution in [-0.2, 0) is 26.1 Å². The summed E-state index contributed by atoms with van der Waals surface area (Å²) in [6.45, 7) is 6.62. The first kappa shape index (κ1) is 15.7. The van der Waals surface area contributed by atoms with E-state index in [1.807, 2.05) is 28.9 Å². The number of aromatic nitrogens is 2. The molecular weight excluding hydrogens is 328 g/mol. The third-order valence-corrected chi connectivity index (χ3v) is 4.31. The lowest BCUT2D eigenvalue weighted by Gasteiger charge is -2.08. The number of nitriles is 1. The maximum atomic E-state index is 8.79. The Morgan fingerprint density at radius 1 is 1.24 bits per heavy atom. The van der Waals surface area contributed by atoms with E-state index in [1.165, 1.54) is 11.3 Å². The van der Waals surface area contributed by atoms with Gasteiger partial charge in [-0.15, -0.1) is 0 Å². The van der Waals surface area contributed by atoms with Crippen LogP contribution in [0.5, 0.6) is 0 Å². The van der Waals surface area contributed by atoms with Crippen molar-refractivity contribution in [3.8, 4) is 6.07 Å². The molecule has 0 aliphatic heterocycles. The van der Waals surface area contributed by atoms with Crippen molar-refractivity contribution < 1.29 is 0 Å². The first-order valence-electron chi connectivity index (χ1n) is 7.13. The van der Waals surface area contributed by atoms with Gasteiger partial charge < -0.3 is 5.32 Å². The van der Waals surface area contributed by atoms with Gasteiger partial charge in [-0.05, 0) is 47.0 Å². The molecule has 0 aliphatic carbocycles. The molecule has 110 valence electrons. The second kappa shape index (κ2) is 7.39. The smallest absolute Gasteiger partial charge is 0.0991 e. The molecule has 0 unspecified atom stereocenters. The van der Waals surface area contributed by atoms with E-state index in [2.05, 4.69) is 46.3 Å². The molecule has 1 aromatic carbocycles. The largest absolute Gasteiger partial charge is 0.307 e. The van der Waals surface area contributed by atoms with Gasteiger partial charge in [0.1, 0.15) is 0 Å². The molecule has 1 aromatic heterocycles. The van der Waals surface area contributed by atoms with Gasteiger partial charge in [-0.2, -0.15) is 10.4 Å². The van der Waals surface area contributed by atoms with Crippen molar-refractivity contribution in [2.75, 3.05) is 0 Å². The number of rotatable bonds is 6. The van der Waals surface area contributed by atoms with Gasteiger partial charge in [-0.3, -0.25) is 4.68 Å². The SMILES string of the molecule is CCc1nn(CC)c(CNCc2ccc(C#N)cc2)c1Br. The van der Waals surface area contributed by atoms with E-state index < -0.39 is 0 Å². The quantitative estimate of drug-likeness (QED) is 0.872. The van der Waals surface area contributed by atoms with Gasteiger partial charge in [-0.25, -0.2) is 0 Å². The Hall–Kier alpha value is -1.64. The molecule has 0 bridgehead atoms. The summed E-state index contributed by atoms with van der Waals surface area (Å²) in [6, 6.07) is 9.78. The molecule has 0 saturated carbocycles. The van der Waals surface area contributed by atoms with Crippen molar-refractivity contribution in [1.82, 2.24) is 15.1 Å². The molecule has 21 heavy (non-hydrogen) atoms. The highest BCUT2D eigenvalue weighted by Crippen LogP contribution is 2.22. The number of hydrogen-bond donors (Lipinski definition) is 1. The molecule has 0 fully saturated rings.